The Morgan fingerprint density at radius 2 is 2.14 bits per heavy atom. The molecule has 1 aliphatic heterocycles. The summed E-state index contributed by atoms with van der Waals surface area (Å²) in [6, 6.07) is 10.8. The van der Waals surface area contributed by atoms with Crippen LogP contribution in [0.5, 0.6) is 0 Å². The lowest BCUT2D eigenvalue weighted by atomic mass is 10.2. The van der Waals surface area contributed by atoms with Gasteiger partial charge in [-0.1, -0.05) is 30.3 Å². The zero-order valence-electron chi connectivity index (χ0n) is 8.65. The van der Waals surface area contributed by atoms with Gasteiger partial charge in [-0.15, -0.1) is 0 Å². The van der Waals surface area contributed by atoms with Gasteiger partial charge in [0.15, 0.2) is 0 Å². The van der Waals surface area contributed by atoms with Gasteiger partial charge in [0.05, 0.1) is 0 Å². The van der Waals surface area contributed by atoms with E-state index in [0.29, 0.717) is 0 Å². The highest BCUT2D eigenvalue weighted by atomic mass is 32.2. The number of nitrogens with zero attached hydrogens (tertiary/aromatic N) is 1. The van der Waals surface area contributed by atoms with Crippen LogP contribution in [0.25, 0.3) is 0 Å². The fraction of sp³-hybridized carbons (Fsp3) is 0.500. The molecule has 1 heterocycles. The van der Waals surface area contributed by atoms with Crippen molar-refractivity contribution in [3.05, 3.63) is 35.9 Å². The van der Waals surface area contributed by atoms with E-state index in [4.69, 9.17) is 0 Å². The van der Waals surface area contributed by atoms with E-state index in [0.717, 1.165) is 11.8 Å². The second-order valence-corrected chi connectivity index (χ2v) is 5.01. The van der Waals surface area contributed by atoms with E-state index in [9.17, 15) is 0 Å². The summed E-state index contributed by atoms with van der Waals surface area (Å²) in [5, 5.41) is 0.860. The Bertz CT molecular complexity index is 273. The highest BCUT2D eigenvalue weighted by molar-refractivity contribution is 7.99. The van der Waals surface area contributed by atoms with Crippen molar-refractivity contribution in [1.29, 1.82) is 0 Å². The minimum absolute atomic E-state index is 0.860. The van der Waals surface area contributed by atoms with Crippen molar-refractivity contribution in [2.75, 3.05) is 19.3 Å². The molecule has 2 heteroatoms. The summed E-state index contributed by atoms with van der Waals surface area (Å²) < 4.78 is 0. The van der Waals surface area contributed by atoms with Crippen molar-refractivity contribution in [2.45, 2.75) is 18.2 Å². The number of hydrogen-bond donors (Lipinski definition) is 0. The van der Waals surface area contributed by atoms with E-state index in [2.05, 4.69) is 41.5 Å². The summed E-state index contributed by atoms with van der Waals surface area (Å²) in [5.41, 5.74) is 1.44. The zero-order chi connectivity index (χ0) is 9.80. The molecule has 1 atom stereocenters. The van der Waals surface area contributed by atoms with Crippen LogP contribution in [0.3, 0.4) is 0 Å². The summed E-state index contributed by atoms with van der Waals surface area (Å²) in [4.78, 5) is 2.55. The molecule has 0 amide bonds. The van der Waals surface area contributed by atoms with Crippen LogP contribution in [-0.2, 0) is 6.54 Å². The highest BCUT2D eigenvalue weighted by Crippen LogP contribution is 2.21. The van der Waals surface area contributed by atoms with Gasteiger partial charge in [-0.25, -0.2) is 0 Å². The highest BCUT2D eigenvalue weighted by Gasteiger charge is 2.20. The maximum atomic E-state index is 2.55. The molecule has 1 nitrogen and oxygen atoms in total. The third-order valence-corrected chi connectivity index (χ3v) is 3.86. The number of benzene rings is 1. The van der Waals surface area contributed by atoms with Crippen molar-refractivity contribution >= 4 is 11.8 Å². The van der Waals surface area contributed by atoms with Crippen molar-refractivity contribution in [1.82, 2.24) is 4.90 Å². The molecule has 2 rings (SSSR count). The SMILES string of the molecule is CSC1CCN(Cc2ccccc2)C1. The van der Waals surface area contributed by atoms with Gasteiger partial charge >= 0.3 is 0 Å². The molecule has 1 aromatic rings. The van der Waals surface area contributed by atoms with Crippen LogP contribution in [0.2, 0.25) is 0 Å². The fourth-order valence-corrected chi connectivity index (χ4v) is 2.68. The lowest BCUT2D eigenvalue weighted by molar-refractivity contribution is 0.332. The number of likely N-dealkylation sites (tertiary alicyclic amines) is 1. The first kappa shape index (κ1) is 10.1. The van der Waals surface area contributed by atoms with Gasteiger partial charge in [-0.05, 0) is 24.8 Å². The summed E-state index contributed by atoms with van der Waals surface area (Å²) in [7, 11) is 0. The number of thioether (sulfide) groups is 1. The Labute approximate surface area is 90.5 Å². The predicted molar refractivity (Wildman–Crippen MR) is 63.6 cm³/mol. The van der Waals surface area contributed by atoms with E-state index < -0.39 is 0 Å². The smallest absolute Gasteiger partial charge is 0.0234 e. The van der Waals surface area contributed by atoms with Gasteiger partial charge in [-0.2, -0.15) is 11.8 Å². The van der Waals surface area contributed by atoms with Crippen molar-refractivity contribution in [2.24, 2.45) is 0 Å². The zero-order valence-corrected chi connectivity index (χ0v) is 9.46. The van der Waals surface area contributed by atoms with E-state index in [1.807, 2.05) is 11.8 Å². The average molecular weight is 207 g/mol. The van der Waals surface area contributed by atoms with Crippen molar-refractivity contribution < 1.29 is 0 Å². The molecular formula is C12H17NS. The Balaban J connectivity index is 1.88. The Hall–Kier alpha value is -0.470. The summed E-state index contributed by atoms with van der Waals surface area (Å²) >= 11 is 2.01. The van der Waals surface area contributed by atoms with Crippen molar-refractivity contribution in [3.8, 4) is 0 Å². The van der Waals surface area contributed by atoms with Crippen LogP contribution in [0.4, 0.5) is 0 Å². The van der Waals surface area contributed by atoms with Gasteiger partial charge in [-0.3, -0.25) is 4.90 Å². The Kier molecular flexibility index (Phi) is 3.49. The standard InChI is InChI=1S/C12H17NS/c1-14-12-7-8-13(10-12)9-11-5-3-2-4-6-11/h2-6,12H,7-10H2,1H3. The maximum absolute atomic E-state index is 2.55. The minimum Gasteiger partial charge on any atom is -0.298 e. The van der Waals surface area contributed by atoms with Gasteiger partial charge in [0.1, 0.15) is 0 Å². The van der Waals surface area contributed by atoms with Crippen LogP contribution < -0.4 is 0 Å². The van der Waals surface area contributed by atoms with Crippen LogP contribution in [0.15, 0.2) is 30.3 Å². The van der Waals surface area contributed by atoms with Gasteiger partial charge < -0.3 is 0 Å². The fourth-order valence-electron chi connectivity index (χ4n) is 1.97. The lowest BCUT2D eigenvalue weighted by Crippen LogP contribution is -2.20. The van der Waals surface area contributed by atoms with Gasteiger partial charge in [0.2, 0.25) is 0 Å². The third kappa shape index (κ3) is 2.52. The molecule has 0 N–H and O–H groups in total. The van der Waals surface area contributed by atoms with E-state index in [1.165, 1.54) is 25.1 Å². The van der Waals surface area contributed by atoms with Crippen LogP contribution in [-0.4, -0.2) is 29.5 Å². The molecule has 0 bridgehead atoms. The molecule has 1 unspecified atom stereocenters. The van der Waals surface area contributed by atoms with Crippen LogP contribution in [0, 0.1) is 0 Å². The molecular weight excluding hydrogens is 190 g/mol. The summed E-state index contributed by atoms with van der Waals surface area (Å²) in [6.07, 6.45) is 3.57. The first-order valence-electron chi connectivity index (χ1n) is 5.17. The minimum atomic E-state index is 0.860. The molecule has 0 saturated carbocycles. The Morgan fingerprint density at radius 3 is 2.79 bits per heavy atom. The molecule has 76 valence electrons. The van der Waals surface area contributed by atoms with Gasteiger partial charge in [0.25, 0.3) is 0 Å². The van der Waals surface area contributed by atoms with Crippen LogP contribution >= 0.6 is 11.8 Å². The molecule has 0 aliphatic carbocycles. The normalized spacial score (nSPS) is 22.8. The molecule has 0 radical (unpaired) electrons. The Morgan fingerprint density at radius 1 is 1.36 bits per heavy atom. The van der Waals surface area contributed by atoms with Gasteiger partial charge in [0, 0.05) is 18.3 Å². The molecule has 1 fully saturated rings. The molecule has 0 spiro atoms. The monoisotopic (exact) mass is 207 g/mol. The second-order valence-electron chi connectivity index (χ2n) is 3.87. The topological polar surface area (TPSA) is 3.24 Å². The maximum Gasteiger partial charge on any atom is 0.0234 e. The summed E-state index contributed by atoms with van der Waals surface area (Å²) in [6.45, 7) is 3.65. The summed E-state index contributed by atoms with van der Waals surface area (Å²) in [5.74, 6) is 0. The third-order valence-electron chi connectivity index (χ3n) is 2.81. The first-order valence-corrected chi connectivity index (χ1v) is 6.46. The molecule has 1 saturated heterocycles. The lowest BCUT2D eigenvalue weighted by Gasteiger charge is -2.15. The van der Waals surface area contributed by atoms with Crippen molar-refractivity contribution in [3.63, 3.8) is 0 Å². The van der Waals surface area contributed by atoms with E-state index >= 15 is 0 Å². The molecule has 0 aromatic heterocycles. The second kappa shape index (κ2) is 4.85. The quantitative estimate of drug-likeness (QED) is 0.749. The van der Waals surface area contributed by atoms with Crippen LogP contribution in [0.1, 0.15) is 12.0 Å². The predicted octanol–water partition coefficient (Wildman–Crippen LogP) is 2.62. The van der Waals surface area contributed by atoms with E-state index in [1.54, 1.807) is 0 Å². The molecule has 14 heavy (non-hydrogen) atoms. The largest absolute Gasteiger partial charge is 0.298 e. The molecule has 1 aliphatic rings. The molecule has 1 aromatic carbocycles. The average Bonchev–Trinajstić information content (AvgIpc) is 2.67. The first-order chi connectivity index (χ1) is 6.88. The number of hydrogen-bond acceptors (Lipinski definition) is 2. The number of rotatable bonds is 3. The van der Waals surface area contributed by atoms with E-state index in [-0.39, 0.29) is 0 Å².